The summed E-state index contributed by atoms with van der Waals surface area (Å²) in [6.07, 6.45) is 0. The van der Waals surface area contributed by atoms with E-state index in [1.807, 2.05) is 18.7 Å². The number of rotatable bonds is 5. The molecular weight excluding hydrogens is 160 g/mol. The van der Waals surface area contributed by atoms with E-state index in [9.17, 15) is 0 Å². The molecule has 0 aromatic rings. The average molecular weight is 176 g/mol. The first-order valence-corrected chi connectivity index (χ1v) is 4.12. The van der Waals surface area contributed by atoms with Crippen molar-refractivity contribution in [3.63, 3.8) is 0 Å². The van der Waals surface area contributed by atoms with E-state index in [2.05, 4.69) is 0 Å². The fourth-order valence-electron chi connectivity index (χ4n) is 0.848. The molecule has 66 valence electrons. The second-order valence-electron chi connectivity index (χ2n) is 2.75. The lowest BCUT2D eigenvalue weighted by Gasteiger charge is -2.24. The van der Waals surface area contributed by atoms with Crippen LogP contribution < -0.4 is 5.73 Å². The minimum atomic E-state index is 0.154. The molecule has 3 N–H and O–H groups in total. The molecule has 0 atom stereocenters. The highest BCUT2D eigenvalue weighted by molar-refractivity contribution is 7.80. The van der Waals surface area contributed by atoms with Gasteiger partial charge in [-0.15, -0.1) is 0 Å². The van der Waals surface area contributed by atoms with Crippen LogP contribution in [0.4, 0.5) is 0 Å². The summed E-state index contributed by atoms with van der Waals surface area (Å²) in [7, 11) is 0. The summed E-state index contributed by atoms with van der Waals surface area (Å²) < 4.78 is 0. The predicted molar refractivity (Wildman–Crippen MR) is 50.6 cm³/mol. The monoisotopic (exact) mass is 176 g/mol. The summed E-state index contributed by atoms with van der Waals surface area (Å²) in [6, 6.07) is 0.378. The molecule has 0 aliphatic rings. The van der Waals surface area contributed by atoms with Crippen molar-refractivity contribution in [3.8, 4) is 0 Å². The second-order valence-corrected chi connectivity index (χ2v) is 3.28. The molecule has 0 aliphatic carbocycles. The van der Waals surface area contributed by atoms with Crippen molar-refractivity contribution in [3.05, 3.63) is 0 Å². The van der Waals surface area contributed by atoms with Gasteiger partial charge in [0.25, 0.3) is 0 Å². The fourth-order valence-corrected chi connectivity index (χ4v) is 1.01. The Labute approximate surface area is 73.2 Å². The van der Waals surface area contributed by atoms with Gasteiger partial charge in [-0.1, -0.05) is 12.2 Å². The van der Waals surface area contributed by atoms with E-state index in [4.69, 9.17) is 23.1 Å². The van der Waals surface area contributed by atoms with E-state index in [0.29, 0.717) is 24.1 Å². The van der Waals surface area contributed by atoms with Crippen LogP contribution >= 0.6 is 12.2 Å². The van der Waals surface area contributed by atoms with Gasteiger partial charge in [0.1, 0.15) is 0 Å². The SMILES string of the molecule is CC(C)N(CCO)CC(N)=S. The average Bonchev–Trinajstić information content (AvgIpc) is 1.86. The lowest BCUT2D eigenvalue weighted by Crippen LogP contribution is -2.39. The maximum atomic E-state index is 8.67. The zero-order valence-electron chi connectivity index (χ0n) is 7.08. The third-order valence-electron chi connectivity index (χ3n) is 1.48. The molecule has 3 nitrogen and oxygen atoms in total. The summed E-state index contributed by atoms with van der Waals surface area (Å²) in [6.45, 7) is 5.48. The Bertz CT molecular complexity index is 128. The summed E-state index contributed by atoms with van der Waals surface area (Å²) >= 11 is 4.76. The third-order valence-corrected chi connectivity index (χ3v) is 1.61. The van der Waals surface area contributed by atoms with Gasteiger partial charge in [-0.25, -0.2) is 0 Å². The lowest BCUT2D eigenvalue weighted by molar-refractivity contribution is 0.184. The van der Waals surface area contributed by atoms with Gasteiger partial charge in [-0.2, -0.15) is 0 Å². The minimum absolute atomic E-state index is 0.154. The Balaban J connectivity index is 3.79. The van der Waals surface area contributed by atoms with Crippen molar-refractivity contribution in [1.82, 2.24) is 4.90 Å². The van der Waals surface area contributed by atoms with Gasteiger partial charge in [0.05, 0.1) is 11.6 Å². The summed E-state index contributed by atoms with van der Waals surface area (Å²) in [4.78, 5) is 2.51. The highest BCUT2D eigenvalue weighted by atomic mass is 32.1. The van der Waals surface area contributed by atoms with Crippen LogP contribution in [0, 0.1) is 0 Å². The first kappa shape index (κ1) is 10.8. The van der Waals surface area contributed by atoms with Crippen LogP contribution in [-0.4, -0.2) is 40.7 Å². The zero-order valence-corrected chi connectivity index (χ0v) is 7.90. The molecule has 11 heavy (non-hydrogen) atoms. The van der Waals surface area contributed by atoms with Crippen molar-refractivity contribution in [1.29, 1.82) is 0 Å². The number of hydrogen-bond acceptors (Lipinski definition) is 3. The fraction of sp³-hybridized carbons (Fsp3) is 0.857. The Morgan fingerprint density at radius 3 is 2.45 bits per heavy atom. The quantitative estimate of drug-likeness (QED) is 0.578. The summed E-state index contributed by atoms with van der Waals surface area (Å²) in [5, 5.41) is 8.67. The number of nitrogens with two attached hydrogens (primary N) is 1. The van der Waals surface area contributed by atoms with E-state index in [-0.39, 0.29) is 6.61 Å². The minimum Gasteiger partial charge on any atom is -0.395 e. The van der Waals surface area contributed by atoms with Crippen molar-refractivity contribution in [2.75, 3.05) is 19.7 Å². The topological polar surface area (TPSA) is 49.5 Å². The molecule has 0 unspecified atom stereocenters. The van der Waals surface area contributed by atoms with Crippen molar-refractivity contribution in [2.45, 2.75) is 19.9 Å². The normalized spacial score (nSPS) is 11.0. The number of nitrogens with zero attached hydrogens (tertiary/aromatic N) is 1. The highest BCUT2D eigenvalue weighted by Crippen LogP contribution is 1.95. The molecule has 0 aliphatic heterocycles. The number of thiocarbonyl (C=S) groups is 1. The van der Waals surface area contributed by atoms with Crippen molar-refractivity contribution in [2.24, 2.45) is 5.73 Å². The van der Waals surface area contributed by atoms with Gasteiger partial charge in [0, 0.05) is 19.1 Å². The van der Waals surface area contributed by atoms with Gasteiger partial charge in [-0.05, 0) is 13.8 Å². The Kier molecular flexibility index (Phi) is 5.36. The van der Waals surface area contributed by atoms with Crippen LogP contribution in [0.1, 0.15) is 13.8 Å². The Hall–Kier alpha value is -0.190. The van der Waals surface area contributed by atoms with Crippen molar-refractivity contribution < 1.29 is 5.11 Å². The molecule has 0 aromatic heterocycles. The zero-order chi connectivity index (χ0) is 8.85. The van der Waals surface area contributed by atoms with Crippen LogP contribution in [0.5, 0.6) is 0 Å². The van der Waals surface area contributed by atoms with Crippen LogP contribution in [0.25, 0.3) is 0 Å². The van der Waals surface area contributed by atoms with E-state index >= 15 is 0 Å². The van der Waals surface area contributed by atoms with Gasteiger partial charge >= 0.3 is 0 Å². The maximum Gasteiger partial charge on any atom is 0.0870 e. The number of aliphatic hydroxyl groups excluding tert-OH is 1. The van der Waals surface area contributed by atoms with Gasteiger partial charge in [-0.3, -0.25) is 4.90 Å². The molecule has 0 spiro atoms. The van der Waals surface area contributed by atoms with Crippen LogP contribution in [0.3, 0.4) is 0 Å². The number of hydrogen-bond donors (Lipinski definition) is 2. The summed E-state index contributed by atoms with van der Waals surface area (Å²) in [5.74, 6) is 0. The predicted octanol–water partition coefficient (Wildman–Crippen LogP) is -0.0248. The van der Waals surface area contributed by atoms with E-state index in [0.717, 1.165) is 0 Å². The smallest absolute Gasteiger partial charge is 0.0870 e. The molecule has 0 saturated heterocycles. The number of aliphatic hydroxyl groups is 1. The molecule has 0 amide bonds. The third kappa shape index (κ3) is 5.12. The molecular formula is C7H16N2OS. The molecule has 0 radical (unpaired) electrons. The molecule has 0 rings (SSSR count). The van der Waals surface area contributed by atoms with Crippen molar-refractivity contribution >= 4 is 17.2 Å². The Morgan fingerprint density at radius 2 is 2.18 bits per heavy atom. The maximum absolute atomic E-state index is 8.67. The van der Waals surface area contributed by atoms with Gasteiger partial charge < -0.3 is 10.8 Å². The highest BCUT2D eigenvalue weighted by Gasteiger charge is 2.08. The largest absolute Gasteiger partial charge is 0.395 e. The van der Waals surface area contributed by atoms with E-state index in [1.54, 1.807) is 0 Å². The first-order chi connectivity index (χ1) is 5.07. The van der Waals surface area contributed by atoms with Crippen LogP contribution in [-0.2, 0) is 0 Å². The van der Waals surface area contributed by atoms with Gasteiger partial charge in [0.2, 0.25) is 0 Å². The summed E-state index contributed by atoms with van der Waals surface area (Å²) in [5.41, 5.74) is 5.37. The second kappa shape index (κ2) is 5.46. The molecule has 0 aromatic carbocycles. The standard InChI is InChI=1S/C7H16N2OS/c1-6(2)9(3-4-10)5-7(8)11/h6,10H,3-5H2,1-2H3,(H2,8,11). The molecule has 0 saturated carbocycles. The molecule has 0 fully saturated rings. The lowest BCUT2D eigenvalue weighted by atomic mass is 10.3. The molecule has 0 heterocycles. The van der Waals surface area contributed by atoms with E-state index in [1.165, 1.54) is 0 Å². The first-order valence-electron chi connectivity index (χ1n) is 3.71. The van der Waals surface area contributed by atoms with Gasteiger partial charge in [0.15, 0.2) is 0 Å². The van der Waals surface area contributed by atoms with Crippen LogP contribution in [0.2, 0.25) is 0 Å². The molecule has 0 bridgehead atoms. The van der Waals surface area contributed by atoms with Crippen LogP contribution in [0.15, 0.2) is 0 Å². The Morgan fingerprint density at radius 1 is 1.64 bits per heavy atom. The molecule has 4 heteroatoms. The van der Waals surface area contributed by atoms with E-state index < -0.39 is 0 Å².